The Balaban J connectivity index is 1.79. The molecule has 1 aliphatic rings. The number of hydrogen-bond donors (Lipinski definition) is 0. The summed E-state index contributed by atoms with van der Waals surface area (Å²) in [6.07, 6.45) is 11.7. The molecule has 0 radical (unpaired) electrons. The molecule has 0 atom stereocenters. The first-order chi connectivity index (χ1) is 8.29. The van der Waals surface area contributed by atoms with Crippen LogP contribution in [0.1, 0.15) is 56.6 Å². The van der Waals surface area contributed by atoms with Crippen LogP contribution in [0, 0.1) is 0 Å². The van der Waals surface area contributed by atoms with Gasteiger partial charge in [-0.15, -0.1) is 0 Å². The van der Waals surface area contributed by atoms with Crippen LogP contribution in [0.4, 0.5) is 0 Å². The molecule has 0 amide bonds. The third-order valence-electron chi connectivity index (χ3n) is 3.48. The van der Waals surface area contributed by atoms with Crippen LogP contribution in [-0.4, -0.2) is 0 Å². The highest BCUT2D eigenvalue weighted by atomic mass is 79.9. The monoisotopic (exact) mass is 292 g/mol. The van der Waals surface area contributed by atoms with Gasteiger partial charge in [0.05, 0.1) is 0 Å². The number of benzene rings is 1. The molecule has 2 rings (SSSR count). The predicted octanol–water partition coefficient (Wildman–Crippen LogP) is 5.75. The highest BCUT2D eigenvalue weighted by molar-refractivity contribution is 9.10. The fourth-order valence-electron chi connectivity index (χ4n) is 2.50. The fourth-order valence-corrected chi connectivity index (χ4v) is 2.91. The number of hydrogen-bond acceptors (Lipinski definition) is 0. The summed E-state index contributed by atoms with van der Waals surface area (Å²) in [7, 11) is 0. The largest absolute Gasteiger partial charge is 0.0654 e. The maximum Gasteiger partial charge on any atom is 0.0178 e. The zero-order chi connectivity index (χ0) is 12.1. The van der Waals surface area contributed by atoms with E-state index in [2.05, 4.69) is 47.1 Å². The summed E-state index contributed by atoms with van der Waals surface area (Å²) >= 11 is 3.54. The molecule has 0 fully saturated rings. The van der Waals surface area contributed by atoms with E-state index in [0.29, 0.717) is 0 Å². The van der Waals surface area contributed by atoms with Crippen molar-refractivity contribution >= 4 is 22.0 Å². The molecule has 0 bridgehead atoms. The van der Waals surface area contributed by atoms with Crippen LogP contribution in [0.15, 0.2) is 28.2 Å². The number of rotatable bonds is 6. The Morgan fingerprint density at radius 3 is 2.76 bits per heavy atom. The van der Waals surface area contributed by atoms with Crippen molar-refractivity contribution in [3.05, 3.63) is 39.4 Å². The Labute approximate surface area is 113 Å². The molecule has 0 aromatic heterocycles. The van der Waals surface area contributed by atoms with Crippen LogP contribution in [0.5, 0.6) is 0 Å². The van der Waals surface area contributed by atoms with Crippen LogP contribution >= 0.6 is 15.9 Å². The average Bonchev–Trinajstić information content (AvgIpc) is 2.70. The van der Waals surface area contributed by atoms with E-state index in [0.717, 1.165) is 0 Å². The highest BCUT2D eigenvalue weighted by Gasteiger charge is 2.12. The first kappa shape index (κ1) is 12.9. The van der Waals surface area contributed by atoms with E-state index >= 15 is 0 Å². The molecule has 0 N–H and O–H groups in total. The van der Waals surface area contributed by atoms with Gasteiger partial charge in [0, 0.05) is 4.47 Å². The SMILES string of the molecule is CCCCCCCC1=Cc2ccc(Br)cc2C1. The van der Waals surface area contributed by atoms with Crippen molar-refractivity contribution in [2.24, 2.45) is 0 Å². The number of halogens is 1. The molecular formula is C16H21Br. The molecule has 0 saturated carbocycles. The molecule has 1 aliphatic carbocycles. The summed E-state index contributed by atoms with van der Waals surface area (Å²) in [5, 5.41) is 0. The van der Waals surface area contributed by atoms with Crippen molar-refractivity contribution in [1.29, 1.82) is 0 Å². The summed E-state index contributed by atoms with van der Waals surface area (Å²) in [4.78, 5) is 0. The molecule has 0 spiro atoms. The molecule has 0 nitrogen and oxygen atoms in total. The Bertz CT molecular complexity index is 404. The number of unbranched alkanes of at least 4 members (excludes halogenated alkanes) is 4. The van der Waals surface area contributed by atoms with Gasteiger partial charge in [0.1, 0.15) is 0 Å². The van der Waals surface area contributed by atoms with Gasteiger partial charge in [-0.25, -0.2) is 0 Å². The Morgan fingerprint density at radius 1 is 1.12 bits per heavy atom. The van der Waals surface area contributed by atoms with E-state index in [1.54, 1.807) is 5.57 Å². The first-order valence-electron chi connectivity index (χ1n) is 6.77. The number of fused-ring (bicyclic) bond motifs is 1. The highest BCUT2D eigenvalue weighted by Crippen LogP contribution is 2.30. The van der Waals surface area contributed by atoms with E-state index in [-0.39, 0.29) is 0 Å². The van der Waals surface area contributed by atoms with Crippen LogP contribution in [0.25, 0.3) is 6.08 Å². The lowest BCUT2D eigenvalue weighted by atomic mass is 10.0. The molecule has 92 valence electrons. The van der Waals surface area contributed by atoms with E-state index < -0.39 is 0 Å². The topological polar surface area (TPSA) is 0 Å². The van der Waals surface area contributed by atoms with Gasteiger partial charge in [-0.1, -0.05) is 66.3 Å². The average molecular weight is 293 g/mol. The molecule has 1 aromatic carbocycles. The van der Waals surface area contributed by atoms with Gasteiger partial charge in [0.15, 0.2) is 0 Å². The van der Waals surface area contributed by atoms with Crippen LogP contribution in [0.3, 0.4) is 0 Å². The lowest BCUT2D eigenvalue weighted by molar-refractivity contribution is 0.629. The summed E-state index contributed by atoms with van der Waals surface area (Å²) in [6.45, 7) is 2.27. The molecular weight excluding hydrogens is 272 g/mol. The van der Waals surface area contributed by atoms with Crippen LogP contribution < -0.4 is 0 Å². The third-order valence-corrected chi connectivity index (χ3v) is 3.98. The van der Waals surface area contributed by atoms with E-state index in [4.69, 9.17) is 0 Å². The Kier molecular flexibility index (Phi) is 4.85. The Hall–Kier alpha value is -0.560. The predicted molar refractivity (Wildman–Crippen MR) is 79.2 cm³/mol. The molecule has 1 aromatic rings. The molecule has 0 aliphatic heterocycles. The van der Waals surface area contributed by atoms with Gasteiger partial charge in [0.25, 0.3) is 0 Å². The standard InChI is InChI=1S/C16H21Br/c1-2-3-4-5-6-7-13-10-14-8-9-16(17)12-15(14)11-13/h8-10,12H,2-7,11H2,1H3. The molecule has 0 heterocycles. The second kappa shape index (κ2) is 6.39. The van der Waals surface area contributed by atoms with Crippen molar-refractivity contribution in [2.75, 3.05) is 0 Å². The zero-order valence-corrected chi connectivity index (χ0v) is 12.2. The lowest BCUT2D eigenvalue weighted by Gasteiger charge is -2.02. The normalized spacial score (nSPS) is 13.6. The van der Waals surface area contributed by atoms with E-state index in [1.165, 1.54) is 60.5 Å². The fraction of sp³-hybridized carbons (Fsp3) is 0.500. The van der Waals surface area contributed by atoms with E-state index in [9.17, 15) is 0 Å². The Morgan fingerprint density at radius 2 is 1.94 bits per heavy atom. The second-order valence-electron chi connectivity index (χ2n) is 4.99. The van der Waals surface area contributed by atoms with Gasteiger partial charge in [-0.05, 0) is 42.5 Å². The quantitative estimate of drug-likeness (QED) is 0.586. The summed E-state index contributed by atoms with van der Waals surface area (Å²) in [6, 6.07) is 6.62. The minimum absolute atomic E-state index is 1.17. The maximum absolute atomic E-state index is 3.54. The first-order valence-corrected chi connectivity index (χ1v) is 7.57. The maximum atomic E-state index is 3.54. The smallest absolute Gasteiger partial charge is 0.0178 e. The molecule has 0 saturated heterocycles. The van der Waals surface area contributed by atoms with Gasteiger partial charge < -0.3 is 0 Å². The second-order valence-corrected chi connectivity index (χ2v) is 5.90. The number of allylic oxidation sites excluding steroid dienone is 1. The van der Waals surface area contributed by atoms with Crippen molar-refractivity contribution in [1.82, 2.24) is 0 Å². The van der Waals surface area contributed by atoms with E-state index in [1.807, 2.05) is 0 Å². The summed E-state index contributed by atoms with van der Waals surface area (Å²) in [5.41, 5.74) is 4.54. The van der Waals surface area contributed by atoms with Crippen molar-refractivity contribution in [3.63, 3.8) is 0 Å². The van der Waals surface area contributed by atoms with Crippen LogP contribution in [0.2, 0.25) is 0 Å². The van der Waals surface area contributed by atoms with Crippen molar-refractivity contribution < 1.29 is 0 Å². The van der Waals surface area contributed by atoms with Crippen LogP contribution in [-0.2, 0) is 6.42 Å². The third kappa shape index (κ3) is 3.70. The molecule has 1 heteroatoms. The zero-order valence-electron chi connectivity index (χ0n) is 10.6. The van der Waals surface area contributed by atoms with Gasteiger partial charge in [0.2, 0.25) is 0 Å². The molecule has 17 heavy (non-hydrogen) atoms. The lowest BCUT2D eigenvalue weighted by Crippen LogP contribution is -1.86. The van der Waals surface area contributed by atoms with Crippen molar-refractivity contribution in [2.45, 2.75) is 51.9 Å². The minimum atomic E-state index is 1.17. The van der Waals surface area contributed by atoms with Gasteiger partial charge in [-0.2, -0.15) is 0 Å². The van der Waals surface area contributed by atoms with Gasteiger partial charge >= 0.3 is 0 Å². The minimum Gasteiger partial charge on any atom is -0.0654 e. The summed E-state index contributed by atoms with van der Waals surface area (Å²) in [5.74, 6) is 0. The van der Waals surface area contributed by atoms with Gasteiger partial charge in [-0.3, -0.25) is 0 Å². The summed E-state index contributed by atoms with van der Waals surface area (Å²) < 4.78 is 1.20. The van der Waals surface area contributed by atoms with Crippen molar-refractivity contribution in [3.8, 4) is 0 Å². The molecule has 0 unspecified atom stereocenters.